The molecule has 3 heterocycles. The van der Waals surface area contributed by atoms with E-state index in [1.807, 2.05) is 144 Å². The number of aromatic nitrogens is 2. The normalized spacial score (nSPS) is 16.6. The van der Waals surface area contributed by atoms with Crippen LogP contribution in [0.5, 0.6) is 11.5 Å². The first-order valence-corrected chi connectivity index (χ1v) is 25.9. The standard InChI is InChI=1S/C70H65N4O.Pt/c1-46(2)39-47-35-38-71-66(40-47)74-62-24-11-10-21-58(62)59-33-32-55(44-65(59)74)75-54-20-15-19-53(43-54)72-45-73(64-26-13-12-25-63(64)72)67-56(49-29-27-48(28-30-49)50-17-14-18-52(41-50)68(3,4)5)22-16-23-57(67)51-31-34-60-61(42-51)70(8,9)37-36-69(60,6)7;/h10-35,38,40-42,45-46H,36-37,39H2,1-9H3;/q-3;/i27D,28D,29D,30D,31D,34D,39D2,42D;. The Hall–Kier alpha value is -7.20. The number of nitrogens with zero attached hydrogens (tertiary/aromatic N) is 4. The Morgan fingerprint density at radius 3 is 2.08 bits per heavy atom. The zero-order chi connectivity index (χ0) is 59.7. The Labute approximate surface area is 477 Å². The third-order valence-corrected chi connectivity index (χ3v) is 14.8. The maximum atomic E-state index is 10.2. The average Bonchev–Trinajstić information content (AvgIpc) is 1.48. The number of fused-ring (bicyclic) bond motifs is 5. The molecule has 12 rings (SSSR count). The van der Waals surface area contributed by atoms with Crippen molar-refractivity contribution in [1.29, 1.82) is 0 Å². The predicted octanol–water partition coefficient (Wildman–Crippen LogP) is 18.8. The Bertz CT molecular complexity index is 4310. The predicted molar refractivity (Wildman–Crippen MR) is 313 cm³/mol. The minimum Gasteiger partial charge on any atom is -0.509 e. The summed E-state index contributed by atoms with van der Waals surface area (Å²) >= 11 is 0. The molecule has 0 spiro atoms. The number of benzene rings is 8. The van der Waals surface area contributed by atoms with E-state index in [0.29, 0.717) is 67.7 Å². The van der Waals surface area contributed by atoms with Gasteiger partial charge in [-0.1, -0.05) is 183 Å². The zero-order valence-corrected chi connectivity index (χ0v) is 46.6. The van der Waals surface area contributed by atoms with E-state index in [1.165, 1.54) is 0 Å². The van der Waals surface area contributed by atoms with Crippen molar-refractivity contribution in [2.24, 2.45) is 5.92 Å². The van der Waals surface area contributed by atoms with E-state index in [4.69, 9.17) is 12.5 Å². The maximum Gasteiger partial charge on any atom is 0.135 e. The molecule has 5 nitrogen and oxygen atoms in total. The number of pyridine rings is 1. The molecule has 0 atom stereocenters. The summed E-state index contributed by atoms with van der Waals surface area (Å²) in [4.78, 5) is 8.64. The van der Waals surface area contributed by atoms with E-state index >= 15 is 0 Å². The summed E-state index contributed by atoms with van der Waals surface area (Å²) in [5.74, 6) is 1.08. The Balaban J connectivity index is 0.00000752. The molecule has 0 saturated carbocycles. The molecule has 0 radical (unpaired) electrons. The first kappa shape index (κ1) is 41.0. The van der Waals surface area contributed by atoms with Crippen LogP contribution in [0.15, 0.2) is 182 Å². The summed E-state index contributed by atoms with van der Waals surface area (Å²) < 4.78 is 95.3. The van der Waals surface area contributed by atoms with E-state index in [2.05, 4.69) is 60.6 Å². The molecular formula is C70H65N4OPt-3. The van der Waals surface area contributed by atoms with Crippen molar-refractivity contribution in [3.8, 4) is 50.7 Å². The van der Waals surface area contributed by atoms with Crippen LogP contribution in [0, 0.1) is 24.7 Å². The fourth-order valence-corrected chi connectivity index (χ4v) is 10.7. The smallest absolute Gasteiger partial charge is 0.135 e. The van der Waals surface area contributed by atoms with E-state index in [-0.39, 0.29) is 91.4 Å². The number of ether oxygens (including phenoxy) is 1. The van der Waals surface area contributed by atoms with Crippen molar-refractivity contribution in [1.82, 2.24) is 9.55 Å². The van der Waals surface area contributed by atoms with Crippen LogP contribution in [0.1, 0.15) is 110 Å². The molecule has 0 bridgehead atoms. The van der Waals surface area contributed by atoms with E-state index < -0.39 is 17.2 Å². The first-order valence-electron chi connectivity index (χ1n) is 30.4. The van der Waals surface area contributed by atoms with Crippen molar-refractivity contribution in [2.75, 3.05) is 9.80 Å². The fourth-order valence-electron chi connectivity index (χ4n) is 10.7. The van der Waals surface area contributed by atoms with Gasteiger partial charge in [0.05, 0.1) is 9.60 Å². The van der Waals surface area contributed by atoms with Gasteiger partial charge in [-0.3, -0.25) is 0 Å². The van der Waals surface area contributed by atoms with E-state index in [0.717, 1.165) is 45.9 Å². The summed E-state index contributed by atoms with van der Waals surface area (Å²) in [5.41, 5.74) is 7.62. The zero-order valence-electron chi connectivity index (χ0n) is 53.4. The van der Waals surface area contributed by atoms with Crippen LogP contribution in [0.25, 0.3) is 61.0 Å². The van der Waals surface area contributed by atoms with Crippen LogP contribution >= 0.6 is 0 Å². The van der Waals surface area contributed by atoms with Crippen molar-refractivity contribution < 1.29 is 38.1 Å². The molecule has 2 aromatic heterocycles. The van der Waals surface area contributed by atoms with Crippen molar-refractivity contribution in [3.63, 3.8) is 0 Å². The molecule has 0 N–H and O–H groups in total. The molecule has 0 unspecified atom stereocenters. The van der Waals surface area contributed by atoms with Gasteiger partial charge in [0, 0.05) is 75.2 Å². The van der Waals surface area contributed by atoms with Gasteiger partial charge in [-0.15, -0.1) is 48.1 Å². The molecular weight excluding hydrogens is 1110 g/mol. The number of anilines is 4. The van der Waals surface area contributed by atoms with Crippen LogP contribution in [0.2, 0.25) is 0 Å². The first-order chi connectivity index (χ1) is 39.8. The second-order valence-electron chi connectivity index (χ2n) is 22.5. The molecule has 1 aliphatic carbocycles. The number of para-hydroxylation sites is 4. The van der Waals surface area contributed by atoms with Gasteiger partial charge in [0.2, 0.25) is 0 Å². The van der Waals surface area contributed by atoms with Crippen molar-refractivity contribution >= 4 is 44.6 Å². The molecule has 0 fully saturated rings. The van der Waals surface area contributed by atoms with Crippen LogP contribution in [-0.4, -0.2) is 9.55 Å². The molecule has 384 valence electrons. The third kappa shape index (κ3) is 9.36. The van der Waals surface area contributed by atoms with Gasteiger partial charge < -0.3 is 19.1 Å². The summed E-state index contributed by atoms with van der Waals surface area (Å²) in [6.07, 6.45) is 1.63. The number of hydrogen-bond donors (Lipinski definition) is 0. The minimum absolute atomic E-state index is 0. The summed E-state index contributed by atoms with van der Waals surface area (Å²) in [6, 6.07) is 48.1. The van der Waals surface area contributed by atoms with E-state index in [1.54, 1.807) is 30.5 Å². The molecule has 6 heteroatoms. The molecule has 0 amide bonds. The second kappa shape index (κ2) is 19.7. The minimum atomic E-state index is -1.59. The monoisotopic (exact) mass is 1180 g/mol. The molecule has 0 saturated heterocycles. The molecule has 2 aliphatic rings. The van der Waals surface area contributed by atoms with Gasteiger partial charge in [0.25, 0.3) is 0 Å². The van der Waals surface area contributed by atoms with Gasteiger partial charge in [-0.25, -0.2) is 4.98 Å². The SMILES string of the molecule is [2H]c1c([2H])c(-c2cccc(-c3c([2H])c([2H])c4c(c3[2H])C(C)(C)CCC4(C)C)c2N2[CH-]N(c3[c-]c(Oc4[c-]c5c(cc4)c4ccccc4n5-c4cc(C([2H])([2H])C(C)C)ccn4)ccc3)c3ccccc32)c([2H])c([2H])c1-c1cccc(C(C)(C)C)c1.[Pt]. The van der Waals surface area contributed by atoms with Gasteiger partial charge in [-0.05, 0) is 122 Å². The van der Waals surface area contributed by atoms with Gasteiger partial charge >= 0.3 is 0 Å². The van der Waals surface area contributed by atoms with Gasteiger partial charge in [0.1, 0.15) is 5.82 Å². The number of hydrogen-bond acceptors (Lipinski definition) is 4. The molecule has 8 aromatic carbocycles. The second-order valence-corrected chi connectivity index (χ2v) is 22.5. The topological polar surface area (TPSA) is 33.5 Å². The molecule has 1 aliphatic heterocycles. The Morgan fingerprint density at radius 2 is 1.32 bits per heavy atom. The largest absolute Gasteiger partial charge is 0.509 e. The van der Waals surface area contributed by atoms with Crippen molar-refractivity contribution in [3.05, 3.63) is 223 Å². The van der Waals surface area contributed by atoms with Gasteiger partial charge in [-0.2, -0.15) is 12.1 Å². The Kier molecular flexibility index (Phi) is 10.7. The van der Waals surface area contributed by atoms with Crippen LogP contribution in [0.4, 0.5) is 22.7 Å². The van der Waals surface area contributed by atoms with Crippen LogP contribution in [0.3, 0.4) is 0 Å². The summed E-state index contributed by atoms with van der Waals surface area (Å²) in [7, 11) is 0. The summed E-state index contributed by atoms with van der Waals surface area (Å²) in [5, 5.41) is 1.90. The van der Waals surface area contributed by atoms with Gasteiger partial charge in [0.15, 0.2) is 0 Å². The summed E-state index contributed by atoms with van der Waals surface area (Å²) in [6.45, 7) is 20.3. The Morgan fingerprint density at radius 1 is 0.658 bits per heavy atom. The molecule has 10 aromatic rings. The van der Waals surface area contributed by atoms with E-state index in [9.17, 15) is 9.60 Å². The average molecular weight is 1180 g/mol. The fraction of sp³-hybridized carbons (Fsp3) is 0.229. The number of rotatable bonds is 10. The quantitative estimate of drug-likeness (QED) is 0.128. The van der Waals surface area contributed by atoms with Crippen LogP contribution < -0.4 is 14.5 Å². The maximum absolute atomic E-state index is 10.2. The van der Waals surface area contributed by atoms with Crippen molar-refractivity contribution in [2.45, 2.75) is 97.8 Å². The third-order valence-electron chi connectivity index (χ3n) is 14.8. The molecule has 76 heavy (non-hydrogen) atoms. The van der Waals surface area contributed by atoms with Crippen LogP contribution in [-0.2, 0) is 43.7 Å².